The van der Waals surface area contributed by atoms with Gasteiger partial charge in [-0.2, -0.15) is 0 Å². The maximum atomic E-state index is 13.2. The van der Waals surface area contributed by atoms with Crippen LogP contribution in [0, 0.1) is 0 Å². The largest absolute Gasteiger partial charge is 0.377 e. The average Bonchev–Trinajstić information content (AvgIpc) is 2.87. The molecule has 1 aliphatic heterocycles. The first-order valence-corrected chi connectivity index (χ1v) is 10.9. The second kappa shape index (κ2) is 10.5. The van der Waals surface area contributed by atoms with Gasteiger partial charge in [0.2, 0.25) is 5.95 Å². The third kappa shape index (κ3) is 5.32. The topological polar surface area (TPSA) is 93.6 Å². The molecule has 0 bridgehead atoms. The van der Waals surface area contributed by atoms with Crippen molar-refractivity contribution in [2.75, 3.05) is 45.3 Å². The standard InChI is InChI=1S/C24H28N6O3/c1-4-32-15-17-5-7-18(8-6-17)23(31)30-9-10-33-21(14-30)22-20(19-11-25-16-26-12-19)13-27-24(28-22)29(2)3/h5-8,11-13,16,21H,4,9-10,14-15H2,1-3H3/t21-/m1/s1. The number of benzene rings is 1. The Kier molecular flexibility index (Phi) is 7.21. The number of anilines is 1. The van der Waals surface area contributed by atoms with E-state index < -0.39 is 6.10 Å². The van der Waals surface area contributed by atoms with Crippen LogP contribution in [0.3, 0.4) is 0 Å². The molecule has 0 radical (unpaired) electrons. The van der Waals surface area contributed by atoms with Crippen LogP contribution in [-0.2, 0) is 16.1 Å². The minimum Gasteiger partial charge on any atom is -0.377 e. The Bertz CT molecular complexity index is 1080. The summed E-state index contributed by atoms with van der Waals surface area (Å²) in [7, 11) is 3.77. The van der Waals surface area contributed by atoms with E-state index in [9.17, 15) is 4.79 Å². The molecule has 0 N–H and O–H groups in total. The van der Waals surface area contributed by atoms with Crippen LogP contribution in [0.4, 0.5) is 5.95 Å². The number of hydrogen-bond acceptors (Lipinski definition) is 8. The zero-order chi connectivity index (χ0) is 23.2. The lowest BCUT2D eigenvalue weighted by molar-refractivity contribution is -0.0244. The maximum Gasteiger partial charge on any atom is 0.254 e. The molecule has 33 heavy (non-hydrogen) atoms. The van der Waals surface area contributed by atoms with Gasteiger partial charge in [-0.1, -0.05) is 12.1 Å². The Morgan fingerprint density at radius 3 is 2.64 bits per heavy atom. The van der Waals surface area contributed by atoms with E-state index >= 15 is 0 Å². The molecule has 9 nitrogen and oxygen atoms in total. The van der Waals surface area contributed by atoms with Gasteiger partial charge in [-0.15, -0.1) is 0 Å². The molecule has 0 aliphatic carbocycles. The molecule has 4 rings (SSSR count). The lowest BCUT2D eigenvalue weighted by Crippen LogP contribution is -2.42. The highest BCUT2D eigenvalue weighted by Crippen LogP contribution is 2.31. The number of nitrogens with zero attached hydrogens (tertiary/aromatic N) is 6. The van der Waals surface area contributed by atoms with Crippen LogP contribution in [0.25, 0.3) is 11.1 Å². The first-order chi connectivity index (χ1) is 16.1. The fourth-order valence-corrected chi connectivity index (χ4v) is 3.65. The van der Waals surface area contributed by atoms with Crippen LogP contribution in [0.2, 0.25) is 0 Å². The molecule has 172 valence electrons. The Morgan fingerprint density at radius 2 is 1.94 bits per heavy atom. The van der Waals surface area contributed by atoms with E-state index in [1.54, 1.807) is 18.6 Å². The highest BCUT2D eigenvalue weighted by Gasteiger charge is 2.29. The Hall–Kier alpha value is -3.43. The summed E-state index contributed by atoms with van der Waals surface area (Å²) < 4.78 is 11.5. The van der Waals surface area contributed by atoms with Crippen LogP contribution in [0.5, 0.6) is 0 Å². The fourth-order valence-electron chi connectivity index (χ4n) is 3.65. The van der Waals surface area contributed by atoms with Gasteiger partial charge in [-0.25, -0.2) is 19.9 Å². The van der Waals surface area contributed by atoms with E-state index in [2.05, 4.69) is 15.0 Å². The molecular weight excluding hydrogens is 420 g/mol. The van der Waals surface area contributed by atoms with Gasteiger partial charge in [0.1, 0.15) is 12.4 Å². The number of aromatic nitrogens is 4. The summed E-state index contributed by atoms with van der Waals surface area (Å²) in [6, 6.07) is 7.57. The van der Waals surface area contributed by atoms with Crippen molar-refractivity contribution in [3.05, 3.63) is 66.0 Å². The Balaban J connectivity index is 1.58. The molecule has 1 atom stereocenters. The van der Waals surface area contributed by atoms with Crippen molar-refractivity contribution in [1.29, 1.82) is 0 Å². The number of amides is 1. The third-order valence-corrected chi connectivity index (χ3v) is 5.41. The van der Waals surface area contributed by atoms with E-state index in [-0.39, 0.29) is 5.91 Å². The number of morpholine rings is 1. The quantitative estimate of drug-likeness (QED) is 0.545. The van der Waals surface area contributed by atoms with E-state index in [0.717, 1.165) is 16.7 Å². The van der Waals surface area contributed by atoms with Gasteiger partial charge in [0.05, 0.1) is 25.5 Å². The summed E-state index contributed by atoms with van der Waals surface area (Å²) in [5.74, 6) is 0.542. The van der Waals surface area contributed by atoms with Gasteiger partial charge in [-0.3, -0.25) is 4.79 Å². The lowest BCUT2D eigenvalue weighted by Gasteiger charge is -2.33. The molecule has 1 aromatic carbocycles. The van der Waals surface area contributed by atoms with Crippen LogP contribution in [0.1, 0.15) is 34.6 Å². The SMILES string of the molecule is CCOCc1ccc(C(=O)N2CCO[C@@H](c3nc(N(C)C)ncc3-c3cncnc3)C2)cc1. The van der Waals surface area contributed by atoms with Gasteiger partial charge in [0, 0.05) is 62.5 Å². The Labute approximate surface area is 193 Å². The van der Waals surface area contributed by atoms with E-state index in [1.807, 2.05) is 55.1 Å². The molecule has 1 aliphatic rings. The van der Waals surface area contributed by atoms with Crippen molar-refractivity contribution < 1.29 is 14.3 Å². The van der Waals surface area contributed by atoms with E-state index in [1.165, 1.54) is 6.33 Å². The summed E-state index contributed by atoms with van der Waals surface area (Å²) in [6.45, 7) is 4.49. The number of ether oxygens (including phenoxy) is 2. The molecule has 0 spiro atoms. The van der Waals surface area contributed by atoms with Crippen molar-refractivity contribution in [3.63, 3.8) is 0 Å². The van der Waals surface area contributed by atoms with Crippen molar-refractivity contribution in [3.8, 4) is 11.1 Å². The zero-order valence-electron chi connectivity index (χ0n) is 19.1. The predicted octanol–water partition coefficient (Wildman–Crippen LogP) is 2.75. The second-order valence-electron chi connectivity index (χ2n) is 7.94. The van der Waals surface area contributed by atoms with Crippen LogP contribution >= 0.6 is 0 Å². The summed E-state index contributed by atoms with van der Waals surface area (Å²) in [4.78, 5) is 34.3. The van der Waals surface area contributed by atoms with Gasteiger partial charge < -0.3 is 19.3 Å². The molecule has 1 fully saturated rings. The molecule has 3 aromatic rings. The van der Waals surface area contributed by atoms with E-state index in [4.69, 9.17) is 14.5 Å². The van der Waals surface area contributed by atoms with Crippen LogP contribution in [0.15, 0.2) is 49.2 Å². The number of rotatable bonds is 7. The number of hydrogen-bond donors (Lipinski definition) is 0. The van der Waals surface area contributed by atoms with Gasteiger partial charge in [-0.05, 0) is 24.6 Å². The van der Waals surface area contributed by atoms with Crippen molar-refractivity contribution >= 4 is 11.9 Å². The van der Waals surface area contributed by atoms with Gasteiger partial charge in [0.25, 0.3) is 5.91 Å². The normalized spacial score (nSPS) is 16.0. The van der Waals surface area contributed by atoms with Crippen molar-refractivity contribution in [1.82, 2.24) is 24.8 Å². The number of carbonyl (C=O) groups excluding carboxylic acids is 1. The first-order valence-electron chi connectivity index (χ1n) is 10.9. The molecule has 0 unspecified atom stereocenters. The minimum atomic E-state index is -0.392. The van der Waals surface area contributed by atoms with Crippen molar-refractivity contribution in [2.24, 2.45) is 0 Å². The second-order valence-corrected chi connectivity index (χ2v) is 7.94. The highest BCUT2D eigenvalue weighted by molar-refractivity contribution is 5.94. The molecular formula is C24H28N6O3. The predicted molar refractivity (Wildman–Crippen MR) is 124 cm³/mol. The fraction of sp³-hybridized carbons (Fsp3) is 0.375. The summed E-state index contributed by atoms with van der Waals surface area (Å²) in [5.41, 5.74) is 3.99. The molecule has 3 heterocycles. The average molecular weight is 449 g/mol. The third-order valence-electron chi connectivity index (χ3n) is 5.41. The summed E-state index contributed by atoms with van der Waals surface area (Å²) in [6.07, 6.45) is 6.30. The molecule has 1 amide bonds. The van der Waals surface area contributed by atoms with Crippen LogP contribution in [-0.4, -0.2) is 71.1 Å². The molecule has 9 heteroatoms. The molecule has 2 aromatic heterocycles. The van der Waals surface area contributed by atoms with Gasteiger partial charge >= 0.3 is 0 Å². The first kappa shape index (κ1) is 22.8. The minimum absolute atomic E-state index is 0.0299. The number of carbonyl (C=O) groups is 1. The maximum absolute atomic E-state index is 13.2. The van der Waals surface area contributed by atoms with Gasteiger partial charge in [0.15, 0.2) is 0 Å². The summed E-state index contributed by atoms with van der Waals surface area (Å²) >= 11 is 0. The monoisotopic (exact) mass is 448 g/mol. The molecule has 1 saturated heterocycles. The lowest BCUT2D eigenvalue weighted by atomic mass is 10.0. The smallest absolute Gasteiger partial charge is 0.254 e. The summed E-state index contributed by atoms with van der Waals surface area (Å²) in [5, 5.41) is 0. The zero-order valence-corrected chi connectivity index (χ0v) is 19.1. The van der Waals surface area contributed by atoms with Crippen molar-refractivity contribution in [2.45, 2.75) is 19.6 Å². The van der Waals surface area contributed by atoms with Crippen LogP contribution < -0.4 is 4.90 Å². The Morgan fingerprint density at radius 1 is 1.18 bits per heavy atom. The molecule has 0 saturated carbocycles. The van der Waals surface area contributed by atoms with E-state index in [0.29, 0.717) is 50.1 Å². The highest BCUT2D eigenvalue weighted by atomic mass is 16.5.